The molecule has 5 rings (SSSR count). The summed E-state index contributed by atoms with van der Waals surface area (Å²) in [7, 11) is 0. The second-order valence-electron chi connectivity index (χ2n) is 14.2. The molecule has 0 amide bonds. The number of carboxylic acid groups (broad SMARTS) is 1. The van der Waals surface area contributed by atoms with Crippen molar-refractivity contribution in [2.24, 2.45) is 38.9 Å². The van der Waals surface area contributed by atoms with Crippen LogP contribution in [-0.2, 0) is 4.79 Å². The fourth-order valence-electron chi connectivity index (χ4n) is 9.71. The molecule has 34 heavy (non-hydrogen) atoms. The lowest BCUT2D eigenvalue weighted by Gasteiger charge is -2.68. The molecule has 0 radical (unpaired) electrons. The van der Waals surface area contributed by atoms with Gasteiger partial charge in [-0.1, -0.05) is 52.3 Å². The summed E-state index contributed by atoms with van der Waals surface area (Å²) in [5.41, 5.74) is -0.409. The van der Waals surface area contributed by atoms with E-state index in [0.29, 0.717) is 12.8 Å². The van der Waals surface area contributed by atoms with Crippen LogP contribution in [-0.4, -0.2) is 44.2 Å². The highest BCUT2D eigenvalue weighted by Gasteiger charge is 2.68. The first kappa shape index (κ1) is 24.5. The summed E-state index contributed by atoms with van der Waals surface area (Å²) in [6.45, 7) is 13.1. The summed E-state index contributed by atoms with van der Waals surface area (Å²) in [5, 5.41) is 43.1. The van der Waals surface area contributed by atoms with Gasteiger partial charge in [-0.15, -0.1) is 0 Å². The van der Waals surface area contributed by atoms with Crippen molar-refractivity contribution in [3.8, 4) is 0 Å². The summed E-state index contributed by atoms with van der Waals surface area (Å²) in [4.78, 5) is 12.7. The van der Waals surface area contributed by atoms with Crippen molar-refractivity contribution < 1.29 is 25.2 Å². The third-order valence-corrected chi connectivity index (χ3v) is 12.0. The van der Waals surface area contributed by atoms with E-state index in [1.807, 2.05) is 0 Å². The Bertz CT molecular complexity index is 977. The van der Waals surface area contributed by atoms with E-state index < -0.39 is 34.6 Å². The number of hydrogen-bond donors (Lipinski definition) is 4. The molecule has 4 N–H and O–H groups in total. The third-order valence-electron chi connectivity index (χ3n) is 12.0. The molecule has 0 aromatic heterocycles. The van der Waals surface area contributed by atoms with Crippen molar-refractivity contribution in [2.75, 3.05) is 0 Å². The number of aliphatic hydroxyl groups excluding tert-OH is 2. The maximum Gasteiger partial charge on any atom is 0.310 e. The van der Waals surface area contributed by atoms with E-state index in [1.54, 1.807) is 6.92 Å². The van der Waals surface area contributed by atoms with Crippen LogP contribution >= 0.6 is 0 Å². The summed E-state index contributed by atoms with van der Waals surface area (Å²) in [5.74, 6) is -0.358. The molecule has 0 saturated heterocycles. The zero-order valence-electron chi connectivity index (χ0n) is 21.8. The number of carboxylic acids is 1. The number of rotatable bonds is 1. The highest BCUT2D eigenvalue weighted by molar-refractivity contribution is 5.76. The first-order valence-corrected chi connectivity index (χ1v) is 13.3. The van der Waals surface area contributed by atoms with Crippen molar-refractivity contribution >= 4 is 5.97 Å². The normalized spacial score (nSPS) is 53.9. The molecule has 5 aliphatic rings. The molecule has 9 unspecified atom stereocenters. The molecule has 0 aromatic carbocycles. The Morgan fingerprint density at radius 3 is 2.24 bits per heavy atom. The largest absolute Gasteiger partial charge is 0.481 e. The minimum Gasteiger partial charge on any atom is -0.481 e. The lowest BCUT2D eigenvalue weighted by Crippen LogP contribution is -2.65. The number of hydrogen-bond acceptors (Lipinski definition) is 4. The molecule has 9 atom stereocenters. The van der Waals surface area contributed by atoms with Crippen LogP contribution < -0.4 is 0 Å². The zero-order valence-corrected chi connectivity index (χ0v) is 21.8. The van der Waals surface area contributed by atoms with Crippen molar-refractivity contribution in [1.82, 2.24) is 0 Å². The smallest absolute Gasteiger partial charge is 0.310 e. The predicted molar refractivity (Wildman–Crippen MR) is 131 cm³/mol. The van der Waals surface area contributed by atoms with Gasteiger partial charge in [-0.25, -0.2) is 0 Å². The van der Waals surface area contributed by atoms with Crippen LogP contribution in [0.5, 0.6) is 0 Å². The van der Waals surface area contributed by atoms with Crippen molar-refractivity contribution in [1.29, 1.82) is 0 Å². The van der Waals surface area contributed by atoms with Crippen LogP contribution in [0.3, 0.4) is 0 Å². The molecule has 5 nitrogen and oxygen atoms in total. The molecule has 3 saturated carbocycles. The molecule has 0 heterocycles. The van der Waals surface area contributed by atoms with Crippen LogP contribution in [0.4, 0.5) is 0 Å². The monoisotopic (exact) mass is 472 g/mol. The first-order chi connectivity index (χ1) is 15.6. The molecule has 0 aliphatic heterocycles. The van der Waals surface area contributed by atoms with Gasteiger partial charge in [0, 0.05) is 0 Å². The van der Waals surface area contributed by atoms with E-state index >= 15 is 0 Å². The summed E-state index contributed by atoms with van der Waals surface area (Å²) >= 11 is 0. The fourth-order valence-corrected chi connectivity index (χ4v) is 9.71. The molecule has 0 bridgehead atoms. The average molecular weight is 473 g/mol. The highest BCUT2D eigenvalue weighted by atomic mass is 16.4. The Balaban J connectivity index is 1.63. The molecular weight excluding hydrogens is 428 g/mol. The van der Waals surface area contributed by atoms with Gasteiger partial charge >= 0.3 is 5.97 Å². The second-order valence-corrected chi connectivity index (χ2v) is 14.2. The number of aliphatic hydroxyl groups is 3. The number of allylic oxidation sites excluding steroid dienone is 3. The maximum absolute atomic E-state index is 12.7. The van der Waals surface area contributed by atoms with Crippen LogP contribution in [0.2, 0.25) is 0 Å². The van der Waals surface area contributed by atoms with Gasteiger partial charge in [-0.3, -0.25) is 4.79 Å². The SMILES string of the molecule is CC1(C)CCC2(C(=O)O)CCC3(C)C(=CCC4C5(C)CC(O)C(O)C(C)(O)C5=CCC43C)C2C1. The Kier molecular flexibility index (Phi) is 5.03. The third kappa shape index (κ3) is 2.81. The van der Waals surface area contributed by atoms with E-state index in [1.165, 1.54) is 5.57 Å². The lowest BCUT2D eigenvalue weighted by molar-refractivity contribution is -0.178. The first-order valence-electron chi connectivity index (χ1n) is 13.3. The lowest BCUT2D eigenvalue weighted by atomic mass is 9.36. The maximum atomic E-state index is 12.7. The van der Waals surface area contributed by atoms with Gasteiger partial charge in [-0.05, 0) is 97.4 Å². The predicted octanol–water partition coefficient (Wildman–Crippen LogP) is 4.85. The van der Waals surface area contributed by atoms with E-state index in [0.717, 1.165) is 44.1 Å². The number of fused-ring (bicyclic) bond motifs is 7. The van der Waals surface area contributed by atoms with E-state index in [4.69, 9.17) is 0 Å². The summed E-state index contributed by atoms with van der Waals surface area (Å²) in [6.07, 6.45) is 8.62. The van der Waals surface area contributed by atoms with E-state index in [9.17, 15) is 25.2 Å². The molecule has 190 valence electrons. The van der Waals surface area contributed by atoms with Gasteiger partial charge in [0.2, 0.25) is 0 Å². The van der Waals surface area contributed by atoms with Crippen molar-refractivity contribution in [3.05, 3.63) is 23.3 Å². The summed E-state index contributed by atoms with van der Waals surface area (Å²) < 4.78 is 0. The van der Waals surface area contributed by atoms with Crippen LogP contribution in [0, 0.1) is 38.9 Å². The Labute approximate surface area is 204 Å². The van der Waals surface area contributed by atoms with Gasteiger partial charge in [0.25, 0.3) is 0 Å². The second kappa shape index (κ2) is 6.98. The van der Waals surface area contributed by atoms with Gasteiger partial charge in [-0.2, -0.15) is 0 Å². The highest BCUT2D eigenvalue weighted by Crippen LogP contribution is 2.74. The Hall–Kier alpha value is -1.17. The number of aliphatic carboxylic acids is 1. The molecular formula is C29H44O5. The van der Waals surface area contributed by atoms with E-state index in [-0.39, 0.29) is 28.1 Å². The Morgan fingerprint density at radius 2 is 1.59 bits per heavy atom. The van der Waals surface area contributed by atoms with Gasteiger partial charge in [0.1, 0.15) is 11.7 Å². The Morgan fingerprint density at radius 1 is 0.941 bits per heavy atom. The van der Waals surface area contributed by atoms with Crippen LogP contribution in [0.15, 0.2) is 23.3 Å². The van der Waals surface area contributed by atoms with Gasteiger partial charge < -0.3 is 20.4 Å². The van der Waals surface area contributed by atoms with Crippen molar-refractivity contribution in [2.45, 2.75) is 111 Å². The molecule has 5 heteroatoms. The number of carbonyl (C=O) groups is 1. The zero-order chi connectivity index (χ0) is 25.1. The summed E-state index contributed by atoms with van der Waals surface area (Å²) in [6, 6.07) is 0. The van der Waals surface area contributed by atoms with Gasteiger partial charge in [0.05, 0.1) is 11.5 Å². The van der Waals surface area contributed by atoms with E-state index in [2.05, 4.69) is 46.8 Å². The molecule has 0 spiro atoms. The molecule has 0 aromatic rings. The standard InChI is InChI=1S/C29H44O5/c1-24(2)11-13-29(23(32)33)14-12-26(4)17(18(29)15-24)7-8-20-25(3)16-19(30)22(31)28(6,34)21(25)9-10-27(20,26)5/h7,9,18-20,22,30-31,34H,8,10-16H2,1-6H3,(H,32,33). The average Bonchev–Trinajstić information content (AvgIpc) is 2.72. The van der Waals surface area contributed by atoms with Crippen LogP contribution in [0.1, 0.15) is 92.9 Å². The van der Waals surface area contributed by atoms with Crippen LogP contribution in [0.25, 0.3) is 0 Å². The molecule has 5 aliphatic carbocycles. The minimum absolute atomic E-state index is 0.0605. The topological polar surface area (TPSA) is 98.0 Å². The molecule has 3 fully saturated rings. The quantitative estimate of drug-likeness (QED) is 0.409. The minimum atomic E-state index is -1.45. The fraction of sp³-hybridized carbons (Fsp3) is 0.828. The van der Waals surface area contributed by atoms with Crippen molar-refractivity contribution in [3.63, 3.8) is 0 Å². The van der Waals surface area contributed by atoms with Gasteiger partial charge in [0.15, 0.2) is 0 Å².